The van der Waals surface area contributed by atoms with Crippen molar-refractivity contribution in [3.63, 3.8) is 0 Å². The molecule has 0 aliphatic heterocycles. The molecule has 0 saturated heterocycles. The Kier molecular flexibility index (Phi) is 49.5. The van der Waals surface area contributed by atoms with Gasteiger partial charge >= 0.3 is 24.4 Å². The number of hydrogen-bond donors (Lipinski definition) is 3. The molecule has 0 aromatic heterocycles. The third-order valence-electron chi connectivity index (χ3n) is 5.47. The number of rotatable bonds is 30. The van der Waals surface area contributed by atoms with Crippen LogP contribution in [0.25, 0.3) is 0 Å². The minimum atomic E-state index is -1.15. The van der Waals surface area contributed by atoms with Crippen molar-refractivity contribution in [3.8, 4) is 0 Å². The third-order valence-corrected chi connectivity index (χ3v) is 6.87. The van der Waals surface area contributed by atoms with Crippen LogP contribution in [-0.2, 0) is 42.8 Å². The molecule has 0 bridgehead atoms. The van der Waals surface area contributed by atoms with Crippen LogP contribution >= 0.6 is 37.9 Å². The second-order valence-electron chi connectivity index (χ2n) is 9.61. The van der Waals surface area contributed by atoms with Gasteiger partial charge in [0.15, 0.2) is 0 Å². The van der Waals surface area contributed by atoms with Gasteiger partial charge in [0.1, 0.15) is 0 Å². The second kappa shape index (κ2) is 43.1. The van der Waals surface area contributed by atoms with E-state index >= 15 is 0 Å². The summed E-state index contributed by atoms with van der Waals surface area (Å²) in [4.78, 5) is 30.8. The summed E-state index contributed by atoms with van der Waals surface area (Å²) < 4.78 is 31.3. The number of ether oxygens (including phenoxy) is 6. The molecule has 0 N–H and O–H groups in total. The van der Waals surface area contributed by atoms with Crippen LogP contribution in [0.5, 0.6) is 0 Å². The summed E-state index contributed by atoms with van der Waals surface area (Å²) in [6.07, 6.45) is 7.62. The summed E-state index contributed by atoms with van der Waals surface area (Å²) in [6.45, 7) is 12.9. The standard InChI is InChI=1S/3C10H20O4S.Sb/c3*1-2-3-5-13-7-8-14-6-4-9(15)10(11)12;/h3*9,15H,2-8H2,1H3,(H,11,12);/q;;;+3/p-3. The molecule has 0 aliphatic carbocycles. The van der Waals surface area contributed by atoms with Crippen molar-refractivity contribution in [2.45, 2.75) is 94.3 Å². The largest absolute Gasteiger partial charge is 3.00 e. The quantitative estimate of drug-likeness (QED) is 0.0518. The fourth-order valence-corrected chi connectivity index (χ4v) is 2.96. The van der Waals surface area contributed by atoms with Crippen molar-refractivity contribution in [3.05, 3.63) is 0 Å². The first-order valence-electron chi connectivity index (χ1n) is 15.7. The van der Waals surface area contributed by atoms with E-state index in [1.165, 1.54) is 0 Å². The van der Waals surface area contributed by atoms with Crippen LogP contribution in [0.1, 0.15) is 78.6 Å². The van der Waals surface area contributed by atoms with E-state index in [1.54, 1.807) is 0 Å². The molecule has 0 amide bonds. The van der Waals surface area contributed by atoms with Gasteiger partial charge in [-0.25, -0.2) is 0 Å². The zero-order chi connectivity index (χ0) is 34.6. The van der Waals surface area contributed by atoms with E-state index in [2.05, 4.69) is 58.7 Å². The maximum atomic E-state index is 10.3. The molecule has 0 heterocycles. The number of hydrogen-bond acceptors (Lipinski definition) is 15. The second-order valence-corrected chi connectivity index (χ2v) is 11.5. The van der Waals surface area contributed by atoms with Crippen molar-refractivity contribution in [2.24, 2.45) is 0 Å². The molecule has 0 aromatic carbocycles. The minimum absolute atomic E-state index is 0. The molecule has 0 aliphatic rings. The van der Waals surface area contributed by atoms with Gasteiger partial charge in [-0.2, -0.15) is 37.9 Å². The van der Waals surface area contributed by atoms with Crippen LogP contribution in [0, 0.1) is 0 Å². The molecule has 16 heteroatoms. The van der Waals surface area contributed by atoms with E-state index in [0.717, 1.165) is 58.3 Å². The van der Waals surface area contributed by atoms with Gasteiger partial charge in [-0.1, -0.05) is 40.0 Å². The molecular formula is C30H57O12S3Sb. The van der Waals surface area contributed by atoms with Crippen LogP contribution in [-0.4, -0.2) is 137 Å². The topological polar surface area (TPSA) is 176 Å². The number of carbonyl (C=O) groups excluding carboxylic acids is 3. The summed E-state index contributed by atoms with van der Waals surface area (Å²) >= 11 is 11.5. The number of aliphatic carboxylic acids is 3. The molecule has 272 valence electrons. The van der Waals surface area contributed by atoms with Crippen LogP contribution in [0.2, 0.25) is 0 Å². The van der Waals surface area contributed by atoms with Gasteiger partial charge in [-0.15, -0.1) is 0 Å². The smallest absolute Gasteiger partial charge is 0.549 e. The molecule has 0 aromatic rings. The Balaban J connectivity index is -0.000000285. The first-order valence-corrected chi connectivity index (χ1v) is 17.2. The Morgan fingerprint density at radius 1 is 0.435 bits per heavy atom. The zero-order valence-electron chi connectivity index (χ0n) is 27.8. The van der Waals surface area contributed by atoms with Gasteiger partial charge in [0.2, 0.25) is 0 Å². The molecule has 12 nitrogen and oxygen atoms in total. The first kappa shape index (κ1) is 52.8. The summed E-state index contributed by atoms with van der Waals surface area (Å²) in [7, 11) is 0. The van der Waals surface area contributed by atoms with Crippen LogP contribution in [0.15, 0.2) is 0 Å². The van der Waals surface area contributed by atoms with E-state index < -0.39 is 33.7 Å². The van der Waals surface area contributed by atoms with Crippen molar-refractivity contribution in [2.75, 3.05) is 79.3 Å². The molecular weight excluding hydrogens is 770 g/mol. The predicted molar refractivity (Wildman–Crippen MR) is 183 cm³/mol. The van der Waals surface area contributed by atoms with Gasteiger partial charge in [-0.05, 0) is 38.5 Å². The van der Waals surface area contributed by atoms with Gasteiger partial charge in [0.25, 0.3) is 0 Å². The fourth-order valence-electron chi connectivity index (χ4n) is 2.64. The van der Waals surface area contributed by atoms with Crippen molar-refractivity contribution in [1.29, 1.82) is 0 Å². The predicted octanol–water partition coefficient (Wildman–Crippen LogP) is 0.394. The SMILES string of the molecule is CCCCOCCOCCC(S)C(=O)[O-].CCCCOCCOCCC(S)C(=O)[O-].CCCCOCCOCCC(S)C(=O)[O-].[Sb+3]. The Hall–Kier alpha value is 0.0382. The number of carboxylic acid groups (broad SMARTS) is 3. The van der Waals surface area contributed by atoms with E-state index in [9.17, 15) is 29.7 Å². The molecule has 46 heavy (non-hydrogen) atoms. The van der Waals surface area contributed by atoms with Gasteiger partial charge in [0.05, 0.1) is 57.5 Å². The maximum Gasteiger partial charge on any atom is 3.00 e. The average molecular weight is 828 g/mol. The van der Waals surface area contributed by atoms with E-state index in [-0.39, 0.29) is 24.4 Å². The van der Waals surface area contributed by atoms with Crippen LogP contribution in [0.3, 0.4) is 0 Å². The van der Waals surface area contributed by atoms with Crippen molar-refractivity contribution < 1.29 is 58.1 Å². The Labute approximate surface area is 310 Å². The van der Waals surface area contributed by atoms with E-state index in [0.29, 0.717) is 78.7 Å². The molecule has 0 saturated carbocycles. The van der Waals surface area contributed by atoms with Crippen LogP contribution in [0.4, 0.5) is 0 Å². The number of unbranched alkanes of at least 4 members (excludes halogenated alkanes) is 3. The van der Waals surface area contributed by atoms with Gasteiger partial charge < -0.3 is 58.1 Å². The first-order chi connectivity index (χ1) is 21.5. The Morgan fingerprint density at radius 3 is 0.804 bits per heavy atom. The monoisotopic (exact) mass is 826 g/mol. The summed E-state index contributed by atoms with van der Waals surface area (Å²) in [6, 6.07) is 0. The Bertz CT molecular complexity index is 583. The number of thiol groups is 3. The van der Waals surface area contributed by atoms with E-state index in [4.69, 9.17) is 28.4 Å². The summed E-state index contributed by atoms with van der Waals surface area (Å²) in [5, 5.41) is 28.6. The van der Waals surface area contributed by atoms with E-state index in [1.807, 2.05) is 0 Å². The maximum absolute atomic E-state index is 10.3. The minimum Gasteiger partial charge on any atom is -0.549 e. The van der Waals surface area contributed by atoms with Crippen LogP contribution < -0.4 is 15.3 Å². The normalized spacial score (nSPS) is 12.4. The zero-order valence-corrected chi connectivity index (χ0v) is 33.0. The Morgan fingerprint density at radius 2 is 0.630 bits per heavy atom. The summed E-state index contributed by atoms with van der Waals surface area (Å²) in [5.41, 5.74) is 0. The molecule has 2 radical (unpaired) electrons. The fraction of sp³-hybridized carbons (Fsp3) is 0.900. The molecule has 3 atom stereocenters. The average Bonchev–Trinajstić information content (AvgIpc) is 3.01. The third kappa shape index (κ3) is 46.2. The molecule has 3 unspecified atom stereocenters. The molecule has 0 fully saturated rings. The number of carboxylic acids is 3. The number of carbonyl (C=O) groups is 3. The molecule has 0 spiro atoms. The van der Waals surface area contributed by atoms with Crippen molar-refractivity contribution >= 4 is 80.2 Å². The summed E-state index contributed by atoms with van der Waals surface area (Å²) in [5.74, 6) is -3.46. The van der Waals surface area contributed by atoms with Gasteiger partial charge in [-0.3, -0.25) is 0 Å². The molecule has 0 rings (SSSR count). The van der Waals surface area contributed by atoms with Crippen molar-refractivity contribution in [1.82, 2.24) is 0 Å². The van der Waals surface area contributed by atoms with Gasteiger partial charge in [0, 0.05) is 55.4 Å².